The second-order valence-electron chi connectivity index (χ2n) is 3.81. The summed E-state index contributed by atoms with van der Waals surface area (Å²) in [5, 5.41) is 4.36. The van der Waals surface area contributed by atoms with Gasteiger partial charge < -0.3 is 11.1 Å². The fraction of sp³-hybridized carbons (Fsp3) is 0. The summed E-state index contributed by atoms with van der Waals surface area (Å²) in [7, 11) is 0. The largest absolute Gasteiger partial charge is 0.389 e. The number of halogens is 3. The summed E-state index contributed by atoms with van der Waals surface area (Å²) < 4.78 is 0.829. The smallest absolute Gasteiger partial charge is 0.105 e. The molecule has 6 heteroatoms. The Morgan fingerprint density at radius 3 is 2.47 bits per heavy atom. The van der Waals surface area contributed by atoms with Gasteiger partial charge in [-0.2, -0.15) is 0 Å². The van der Waals surface area contributed by atoms with E-state index in [4.69, 9.17) is 41.2 Å². The minimum absolute atomic E-state index is 0.350. The lowest BCUT2D eigenvalue weighted by atomic mass is 10.2. The summed E-state index contributed by atoms with van der Waals surface area (Å²) in [6.45, 7) is 0. The molecule has 0 aliphatic heterocycles. The van der Waals surface area contributed by atoms with E-state index in [1.54, 1.807) is 12.1 Å². The second-order valence-corrected chi connectivity index (χ2v) is 5.95. The molecule has 0 radical (unpaired) electrons. The van der Waals surface area contributed by atoms with Crippen LogP contribution >= 0.6 is 51.3 Å². The van der Waals surface area contributed by atoms with Crippen molar-refractivity contribution in [3.05, 3.63) is 56.5 Å². The van der Waals surface area contributed by atoms with Crippen LogP contribution < -0.4 is 11.1 Å². The molecule has 0 bridgehead atoms. The van der Waals surface area contributed by atoms with Gasteiger partial charge in [0.25, 0.3) is 0 Å². The molecule has 0 saturated carbocycles. The highest BCUT2D eigenvalue weighted by molar-refractivity contribution is 9.10. The number of anilines is 2. The van der Waals surface area contributed by atoms with Crippen LogP contribution in [0.5, 0.6) is 0 Å². The lowest BCUT2D eigenvalue weighted by Gasteiger charge is -2.10. The van der Waals surface area contributed by atoms with Crippen LogP contribution in [0.15, 0.2) is 40.9 Å². The molecule has 2 aromatic carbocycles. The molecule has 0 amide bonds. The molecule has 0 fully saturated rings. The van der Waals surface area contributed by atoms with Crippen molar-refractivity contribution in [2.45, 2.75) is 0 Å². The number of hydrogen-bond acceptors (Lipinski definition) is 2. The molecule has 2 rings (SSSR count). The third-order valence-corrected chi connectivity index (χ3v) is 3.87. The van der Waals surface area contributed by atoms with Gasteiger partial charge in [-0.3, -0.25) is 0 Å². The van der Waals surface area contributed by atoms with Crippen molar-refractivity contribution in [1.29, 1.82) is 0 Å². The fourth-order valence-corrected chi connectivity index (χ4v) is 2.90. The van der Waals surface area contributed by atoms with Gasteiger partial charge in [0.2, 0.25) is 0 Å². The maximum absolute atomic E-state index is 6.10. The third kappa shape index (κ3) is 3.60. The van der Waals surface area contributed by atoms with Crippen molar-refractivity contribution >= 4 is 67.7 Å². The molecule has 98 valence electrons. The van der Waals surface area contributed by atoms with Gasteiger partial charge in [0.1, 0.15) is 4.99 Å². The van der Waals surface area contributed by atoms with Gasteiger partial charge in [-0.25, -0.2) is 0 Å². The molecule has 0 aliphatic carbocycles. The average molecular weight is 376 g/mol. The van der Waals surface area contributed by atoms with Gasteiger partial charge in [-0.15, -0.1) is 0 Å². The first kappa shape index (κ1) is 14.6. The predicted molar refractivity (Wildman–Crippen MR) is 89.8 cm³/mol. The molecule has 0 heterocycles. The van der Waals surface area contributed by atoms with Crippen LogP contribution in [0.2, 0.25) is 10.0 Å². The van der Waals surface area contributed by atoms with Crippen LogP contribution in [0.3, 0.4) is 0 Å². The van der Waals surface area contributed by atoms with E-state index in [0.29, 0.717) is 15.0 Å². The van der Waals surface area contributed by atoms with Crippen LogP contribution in [-0.4, -0.2) is 4.99 Å². The Morgan fingerprint density at radius 2 is 1.89 bits per heavy atom. The van der Waals surface area contributed by atoms with Gasteiger partial charge >= 0.3 is 0 Å². The van der Waals surface area contributed by atoms with Crippen LogP contribution in [-0.2, 0) is 0 Å². The normalized spacial score (nSPS) is 10.3. The zero-order valence-corrected chi connectivity index (χ0v) is 13.5. The zero-order chi connectivity index (χ0) is 14.0. The summed E-state index contributed by atoms with van der Waals surface area (Å²) in [5.74, 6) is 0. The molecule has 0 spiro atoms. The highest BCUT2D eigenvalue weighted by atomic mass is 79.9. The van der Waals surface area contributed by atoms with Crippen molar-refractivity contribution in [1.82, 2.24) is 0 Å². The number of nitrogens with one attached hydrogen (secondary N) is 1. The van der Waals surface area contributed by atoms with Crippen molar-refractivity contribution in [3.8, 4) is 0 Å². The van der Waals surface area contributed by atoms with Crippen LogP contribution in [0, 0.1) is 0 Å². The number of rotatable bonds is 3. The van der Waals surface area contributed by atoms with Crippen molar-refractivity contribution in [2.75, 3.05) is 5.32 Å². The molecule has 2 aromatic rings. The number of benzene rings is 2. The highest BCUT2D eigenvalue weighted by Gasteiger charge is 2.06. The van der Waals surface area contributed by atoms with Gasteiger partial charge in [0.15, 0.2) is 0 Å². The quantitative estimate of drug-likeness (QED) is 0.730. The Labute approximate surface area is 135 Å². The van der Waals surface area contributed by atoms with Crippen molar-refractivity contribution in [2.24, 2.45) is 5.73 Å². The summed E-state index contributed by atoms with van der Waals surface area (Å²) in [6, 6.07) is 10.9. The summed E-state index contributed by atoms with van der Waals surface area (Å²) in [5.41, 5.74) is 8.05. The summed E-state index contributed by atoms with van der Waals surface area (Å²) >= 11 is 20.3. The minimum Gasteiger partial charge on any atom is -0.389 e. The highest BCUT2D eigenvalue weighted by Crippen LogP contribution is 2.30. The van der Waals surface area contributed by atoms with E-state index in [9.17, 15) is 0 Å². The second kappa shape index (κ2) is 6.09. The van der Waals surface area contributed by atoms with Crippen LogP contribution in [0.1, 0.15) is 5.56 Å². The monoisotopic (exact) mass is 374 g/mol. The lowest BCUT2D eigenvalue weighted by molar-refractivity contribution is 1.51. The van der Waals surface area contributed by atoms with Gasteiger partial charge in [-0.1, -0.05) is 35.4 Å². The third-order valence-electron chi connectivity index (χ3n) is 2.44. The van der Waals surface area contributed by atoms with Crippen molar-refractivity contribution < 1.29 is 0 Å². The Morgan fingerprint density at radius 1 is 1.16 bits per heavy atom. The number of thiocarbonyl (C=S) groups is 1. The molecular weight excluding hydrogens is 367 g/mol. The molecule has 0 aliphatic rings. The molecular formula is C13H9BrCl2N2S. The molecule has 3 N–H and O–H groups in total. The molecule has 0 atom stereocenters. The maximum Gasteiger partial charge on any atom is 0.105 e. The molecule has 0 saturated heterocycles. The first-order chi connectivity index (χ1) is 8.97. The van der Waals surface area contributed by atoms with Crippen LogP contribution in [0.4, 0.5) is 11.4 Å². The minimum atomic E-state index is 0.350. The van der Waals surface area contributed by atoms with Gasteiger partial charge in [0, 0.05) is 20.7 Å². The zero-order valence-electron chi connectivity index (χ0n) is 9.58. The Kier molecular flexibility index (Phi) is 4.68. The Hall–Kier alpha value is -0.810. The Bertz CT molecular complexity index is 647. The van der Waals surface area contributed by atoms with E-state index in [1.807, 2.05) is 24.3 Å². The number of nitrogens with two attached hydrogens (primary N) is 1. The van der Waals surface area contributed by atoms with Gasteiger partial charge in [-0.05, 0) is 52.3 Å². The predicted octanol–water partition coefficient (Wildman–Crippen LogP) is 5.13. The van der Waals surface area contributed by atoms with E-state index in [0.717, 1.165) is 21.4 Å². The van der Waals surface area contributed by atoms with Crippen molar-refractivity contribution in [3.63, 3.8) is 0 Å². The first-order valence-corrected chi connectivity index (χ1v) is 7.24. The SMILES string of the molecule is NC(=S)c1ccc(Nc2ccc(Cl)cc2Cl)cc1Br. The van der Waals surface area contributed by atoms with E-state index in [2.05, 4.69) is 21.2 Å². The average Bonchev–Trinajstić information content (AvgIpc) is 2.32. The van der Waals surface area contributed by atoms with E-state index in [1.165, 1.54) is 0 Å². The maximum atomic E-state index is 6.10. The number of hydrogen-bond donors (Lipinski definition) is 2. The van der Waals surface area contributed by atoms with Gasteiger partial charge in [0.05, 0.1) is 10.7 Å². The van der Waals surface area contributed by atoms with Crippen LogP contribution in [0.25, 0.3) is 0 Å². The summed E-state index contributed by atoms with van der Waals surface area (Å²) in [4.78, 5) is 0.350. The lowest BCUT2D eigenvalue weighted by Crippen LogP contribution is -2.10. The standard InChI is InChI=1S/C13H9BrCl2N2S/c14-10-6-8(2-3-9(10)13(17)19)18-12-4-1-7(15)5-11(12)16/h1-6,18H,(H2,17,19). The molecule has 0 unspecified atom stereocenters. The molecule has 2 nitrogen and oxygen atoms in total. The van der Waals surface area contributed by atoms with E-state index >= 15 is 0 Å². The topological polar surface area (TPSA) is 38.0 Å². The first-order valence-electron chi connectivity index (χ1n) is 5.29. The molecule has 0 aromatic heterocycles. The summed E-state index contributed by atoms with van der Waals surface area (Å²) in [6.07, 6.45) is 0. The van der Waals surface area contributed by atoms with E-state index < -0.39 is 0 Å². The molecule has 19 heavy (non-hydrogen) atoms. The Balaban J connectivity index is 2.29. The fourth-order valence-electron chi connectivity index (χ4n) is 1.54. The van der Waals surface area contributed by atoms with E-state index in [-0.39, 0.29) is 0 Å².